The molecule has 0 saturated heterocycles. The van der Waals surface area contributed by atoms with Gasteiger partial charge in [0.2, 0.25) is 0 Å². The second-order valence-electron chi connectivity index (χ2n) is 6.07. The first-order chi connectivity index (χ1) is 14.4. The van der Waals surface area contributed by atoms with E-state index in [0.717, 1.165) is 5.56 Å². The van der Waals surface area contributed by atoms with Crippen molar-refractivity contribution in [2.24, 2.45) is 5.10 Å². The molecule has 0 aromatic heterocycles. The Morgan fingerprint density at radius 2 is 1.83 bits per heavy atom. The molecule has 0 aliphatic heterocycles. The number of ether oxygens (including phenoxy) is 1. The average molecular weight is 444 g/mol. The van der Waals surface area contributed by atoms with Gasteiger partial charge in [0, 0.05) is 27.7 Å². The fourth-order valence-electron chi connectivity index (χ4n) is 2.49. The highest BCUT2D eigenvalue weighted by Gasteiger charge is 2.12. The van der Waals surface area contributed by atoms with Gasteiger partial charge in [-0.05, 0) is 35.9 Å². The minimum Gasteiger partial charge on any atom is -0.488 e. The van der Waals surface area contributed by atoms with Gasteiger partial charge in [-0.25, -0.2) is 5.43 Å². The highest BCUT2D eigenvalue weighted by Crippen LogP contribution is 2.21. The molecule has 0 fully saturated rings. The van der Waals surface area contributed by atoms with Gasteiger partial charge in [-0.15, -0.1) is 0 Å². The van der Waals surface area contributed by atoms with Gasteiger partial charge in [0.05, 0.1) is 16.7 Å². The van der Waals surface area contributed by atoms with Crippen LogP contribution < -0.4 is 10.2 Å². The van der Waals surface area contributed by atoms with Gasteiger partial charge in [0.1, 0.15) is 12.4 Å². The molecule has 30 heavy (non-hydrogen) atoms. The number of nitro benzene ring substituents is 1. The van der Waals surface area contributed by atoms with E-state index in [9.17, 15) is 14.9 Å². The minimum absolute atomic E-state index is 0.131. The van der Waals surface area contributed by atoms with E-state index in [1.54, 1.807) is 36.4 Å². The van der Waals surface area contributed by atoms with E-state index in [4.69, 9.17) is 27.9 Å². The van der Waals surface area contributed by atoms with Crippen LogP contribution in [0.3, 0.4) is 0 Å². The Labute approximate surface area is 182 Å². The van der Waals surface area contributed by atoms with Gasteiger partial charge in [-0.2, -0.15) is 5.10 Å². The molecule has 0 saturated carbocycles. The molecule has 0 heterocycles. The Morgan fingerprint density at radius 1 is 1.10 bits per heavy atom. The van der Waals surface area contributed by atoms with Gasteiger partial charge in [-0.3, -0.25) is 14.9 Å². The number of carbonyl (C=O) groups excluding carboxylic acids is 1. The molecule has 7 nitrogen and oxygen atoms in total. The molecular weight excluding hydrogens is 429 g/mol. The molecule has 0 aliphatic rings. The summed E-state index contributed by atoms with van der Waals surface area (Å²) < 4.78 is 5.76. The number of nitrogens with zero attached hydrogens (tertiary/aromatic N) is 2. The van der Waals surface area contributed by atoms with E-state index in [2.05, 4.69) is 10.5 Å². The van der Waals surface area contributed by atoms with Gasteiger partial charge in [-0.1, -0.05) is 47.5 Å². The summed E-state index contributed by atoms with van der Waals surface area (Å²) in [4.78, 5) is 22.8. The highest BCUT2D eigenvalue weighted by molar-refractivity contribution is 6.33. The van der Waals surface area contributed by atoms with E-state index >= 15 is 0 Å². The van der Waals surface area contributed by atoms with Crippen LogP contribution in [0.1, 0.15) is 21.5 Å². The Hall–Kier alpha value is -3.42. The van der Waals surface area contributed by atoms with Crippen molar-refractivity contribution in [2.75, 3.05) is 0 Å². The zero-order valence-corrected chi connectivity index (χ0v) is 16.9. The number of halogens is 2. The molecule has 0 unspecified atom stereocenters. The SMILES string of the molecule is O=C(N/N=C/c1cc([N+](=O)[O-])ccc1Cl)c1ccccc1OCc1ccc(Cl)cc1. The van der Waals surface area contributed by atoms with Gasteiger partial charge in [0.25, 0.3) is 11.6 Å². The third-order valence-corrected chi connectivity index (χ3v) is 4.60. The summed E-state index contributed by atoms with van der Waals surface area (Å²) in [6.45, 7) is 0.258. The molecule has 3 aromatic rings. The van der Waals surface area contributed by atoms with Crippen LogP contribution >= 0.6 is 23.2 Å². The maximum Gasteiger partial charge on any atom is 0.275 e. The van der Waals surface area contributed by atoms with Crippen molar-refractivity contribution in [3.63, 3.8) is 0 Å². The second-order valence-corrected chi connectivity index (χ2v) is 6.92. The predicted octanol–water partition coefficient (Wildman–Crippen LogP) is 5.24. The number of rotatable bonds is 7. The lowest BCUT2D eigenvalue weighted by molar-refractivity contribution is -0.384. The molecule has 1 N–H and O–H groups in total. The van der Waals surface area contributed by atoms with Crippen molar-refractivity contribution in [1.82, 2.24) is 5.43 Å². The zero-order valence-electron chi connectivity index (χ0n) is 15.4. The van der Waals surface area contributed by atoms with Crippen LogP contribution in [0.5, 0.6) is 5.75 Å². The van der Waals surface area contributed by atoms with Gasteiger partial charge < -0.3 is 4.74 Å². The van der Waals surface area contributed by atoms with E-state index in [1.807, 2.05) is 12.1 Å². The number of nitro groups is 1. The second kappa shape index (κ2) is 9.87. The maximum absolute atomic E-state index is 12.5. The summed E-state index contributed by atoms with van der Waals surface area (Å²) in [5.74, 6) is -0.118. The average Bonchev–Trinajstić information content (AvgIpc) is 2.74. The molecule has 0 atom stereocenters. The first-order valence-electron chi connectivity index (χ1n) is 8.67. The predicted molar refractivity (Wildman–Crippen MR) is 115 cm³/mol. The smallest absolute Gasteiger partial charge is 0.275 e. The van der Waals surface area contributed by atoms with Crippen LogP contribution in [0.15, 0.2) is 71.8 Å². The molecule has 3 rings (SSSR count). The van der Waals surface area contributed by atoms with Crippen molar-refractivity contribution >= 4 is 41.0 Å². The lowest BCUT2D eigenvalue weighted by Crippen LogP contribution is -2.18. The van der Waals surface area contributed by atoms with Gasteiger partial charge in [0.15, 0.2) is 0 Å². The number of non-ortho nitro benzene ring substituents is 1. The van der Waals surface area contributed by atoms with E-state index in [0.29, 0.717) is 16.3 Å². The first-order valence-corrected chi connectivity index (χ1v) is 9.43. The molecule has 0 aliphatic carbocycles. The monoisotopic (exact) mass is 443 g/mol. The molecule has 0 radical (unpaired) electrons. The van der Waals surface area contributed by atoms with Gasteiger partial charge >= 0.3 is 0 Å². The van der Waals surface area contributed by atoms with Crippen LogP contribution in [-0.4, -0.2) is 17.0 Å². The Balaban J connectivity index is 1.69. The quantitative estimate of drug-likeness (QED) is 0.306. The van der Waals surface area contributed by atoms with Crippen molar-refractivity contribution in [1.29, 1.82) is 0 Å². The molecule has 9 heteroatoms. The fourth-order valence-corrected chi connectivity index (χ4v) is 2.78. The molecule has 152 valence electrons. The number of hydrogen-bond donors (Lipinski definition) is 1. The molecular formula is C21H15Cl2N3O4. The summed E-state index contributed by atoms with van der Waals surface area (Å²) in [7, 11) is 0. The fraction of sp³-hybridized carbons (Fsp3) is 0.0476. The van der Waals surface area contributed by atoms with Crippen LogP contribution in [0.4, 0.5) is 5.69 Å². The van der Waals surface area contributed by atoms with E-state index in [1.165, 1.54) is 24.4 Å². The topological polar surface area (TPSA) is 93.8 Å². The lowest BCUT2D eigenvalue weighted by atomic mass is 10.2. The first kappa shape index (κ1) is 21.3. The summed E-state index contributed by atoms with van der Waals surface area (Å²) in [5.41, 5.74) is 3.73. The number of carbonyl (C=O) groups is 1. The van der Waals surface area contributed by atoms with E-state index in [-0.39, 0.29) is 22.9 Å². The summed E-state index contributed by atoms with van der Waals surface area (Å²) >= 11 is 11.9. The van der Waals surface area contributed by atoms with Crippen LogP contribution in [-0.2, 0) is 6.61 Å². The molecule has 0 spiro atoms. The zero-order chi connectivity index (χ0) is 21.5. The number of hydrazone groups is 1. The summed E-state index contributed by atoms with van der Waals surface area (Å²) in [6.07, 6.45) is 1.24. The van der Waals surface area contributed by atoms with Crippen LogP contribution in [0, 0.1) is 10.1 Å². The van der Waals surface area contributed by atoms with E-state index < -0.39 is 10.8 Å². The normalized spacial score (nSPS) is 10.7. The Kier molecular flexibility index (Phi) is 7.00. The minimum atomic E-state index is -0.541. The van der Waals surface area contributed by atoms with Crippen molar-refractivity contribution in [2.45, 2.75) is 6.61 Å². The standard InChI is InChI=1S/C21H15Cl2N3O4/c22-16-7-5-14(6-8-16)13-30-20-4-2-1-3-18(20)21(27)25-24-12-15-11-17(26(28)29)9-10-19(15)23/h1-12H,13H2,(H,25,27)/b24-12+. The third-order valence-electron chi connectivity index (χ3n) is 4.00. The van der Waals surface area contributed by atoms with Crippen LogP contribution in [0.2, 0.25) is 10.0 Å². The highest BCUT2D eigenvalue weighted by atomic mass is 35.5. The number of amides is 1. The summed E-state index contributed by atoms with van der Waals surface area (Å²) in [5, 5.41) is 15.6. The molecule has 0 bridgehead atoms. The van der Waals surface area contributed by atoms with Crippen molar-refractivity contribution in [3.8, 4) is 5.75 Å². The maximum atomic E-state index is 12.5. The Bertz CT molecular complexity index is 1100. The number of para-hydroxylation sites is 1. The summed E-state index contributed by atoms with van der Waals surface area (Å²) in [6, 6.07) is 17.8. The molecule has 3 aromatic carbocycles. The third kappa shape index (κ3) is 5.56. The Morgan fingerprint density at radius 3 is 2.57 bits per heavy atom. The lowest BCUT2D eigenvalue weighted by Gasteiger charge is -2.10. The number of hydrogen-bond acceptors (Lipinski definition) is 5. The van der Waals surface area contributed by atoms with Crippen LogP contribution in [0.25, 0.3) is 0 Å². The van der Waals surface area contributed by atoms with Crippen molar-refractivity contribution < 1.29 is 14.5 Å². The molecule has 1 amide bonds. The number of nitrogens with one attached hydrogen (secondary N) is 1. The van der Waals surface area contributed by atoms with Crippen molar-refractivity contribution in [3.05, 3.63) is 104 Å². The largest absolute Gasteiger partial charge is 0.488 e. The number of benzene rings is 3.